The molecule has 140 valence electrons. The van der Waals surface area contributed by atoms with Gasteiger partial charge in [0.1, 0.15) is 0 Å². The van der Waals surface area contributed by atoms with Gasteiger partial charge in [0.25, 0.3) is 0 Å². The van der Waals surface area contributed by atoms with Gasteiger partial charge < -0.3 is 10.2 Å². The number of carbonyl (C=O) groups excluding carboxylic acids is 2. The number of hydrogen-bond acceptors (Lipinski definition) is 4. The lowest BCUT2D eigenvalue weighted by Gasteiger charge is -2.17. The highest BCUT2D eigenvalue weighted by Crippen LogP contribution is 2.27. The number of thiazole rings is 1. The summed E-state index contributed by atoms with van der Waals surface area (Å²) < 4.78 is 1.94. The summed E-state index contributed by atoms with van der Waals surface area (Å²) in [5.41, 5.74) is 2.91. The van der Waals surface area contributed by atoms with Crippen LogP contribution in [0.2, 0.25) is 0 Å². The summed E-state index contributed by atoms with van der Waals surface area (Å²) >= 11 is 1.56. The average molecular weight is 382 g/mol. The van der Waals surface area contributed by atoms with Crippen molar-refractivity contribution < 1.29 is 9.59 Å². The van der Waals surface area contributed by atoms with E-state index in [2.05, 4.69) is 24.1 Å². The van der Waals surface area contributed by atoms with Crippen molar-refractivity contribution in [3.05, 3.63) is 53.3 Å². The number of benzene rings is 1. The molecule has 1 N–H and O–H groups in total. The maximum absolute atomic E-state index is 12.5. The Morgan fingerprint density at radius 1 is 1.33 bits per heavy atom. The van der Waals surface area contributed by atoms with Crippen LogP contribution in [0.15, 0.2) is 42.0 Å². The van der Waals surface area contributed by atoms with E-state index in [1.54, 1.807) is 16.2 Å². The molecule has 3 aromatic rings. The summed E-state index contributed by atoms with van der Waals surface area (Å²) in [4.78, 5) is 32.0. The monoisotopic (exact) mass is 382 g/mol. The van der Waals surface area contributed by atoms with Crippen LogP contribution in [-0.2, 0) is 16.1 Å². The molecule has 1 aliphatic heterocycles. The van der Waals surface area contributed by atoms with E-state index in [4.69, 9.17) is 0 Å². The molecule has 0 radical (unpaired) electrons. The maximum atomic E-state index is 12.5. The van der Waals surface area contributed by atoms with Crippen LogP contribution in [0, 0.1) is 5.92 Å². The van der Waals surface area contributed by atoms with Crippen molar-refractivity contribution in [2.75, 3.05) is 11.4 Å². The molecular formula is C20H22N4O2S. The molecule has 4 rings (SSSR count). The molecule has 3 heterocycles. The Labute approximate surface area is 161 Å². The number of imidazole rings is 1. The standard InChI is InChI=1S/C20H22N4O2S/c1-13(2)14-3-5-17(6-4-14)24-11-15(9-18(24)25)19(26)21-10-16-12-23-7-8-27-20(23)22-16/h3-8,12-13,15H,9-11H2,1-2H3,(H,21,26). The highest BCUT2D eigenvalue weighted by molar-refractivity contribution is 7.15. The van der Waals surface area contributed by atoms with Gasteiger partial charge >= 0.3 is 0 Å². The number of amides is 2. The maximum Gasteiger partial charge on any atom is 0.227 e. The minimum absolute atomic E-state index is 0.00467. The molecule has 0 bridgehead atoms. The first-order chi connectivity index (χ1) is 13.0. The zero-order valence-electron chi connectivity index (χ0n) is 15.4. The largest absolute Gasteiger partial charge is 0.350 e. The van der Waals surface area contributed by atoms with E-state index >= 15 is 0 Å². The van der Waals surface area contributed by atoms with Gasteiger partial charge in [0.15, 0.2) is 4.96 Å². The lowest BCUT2D eigenvalue weighted by Crippen LogP contribution is -2.32. The number of nitrogens with zero attached hydrogens (tertiary/aromatic N) is 3. The van der Waals surface area contributed by atoms with E-state index in [9.17, 15) is 9.59 Å². The van der Waals surface area contributed by atoms with Crippen LogP contribution in [0.3, 0.4) is 0 Å². The predicted molar refractivity (Wildman–Crippen MR) is 106 cm³/mol. The lowest BCUT2D eigenvalue weighted by atomic mass is 10.0. The SMILES string of the molecule is CC(C)c1ccc(N2CC(C(=O)NCc3cn4ccsc4n3)CC2=O)cc1. The highest BCUT2D eigenvalue weighted by atomic mass is 32.1. The van der Waals surface area contributed by atoms with Gasteiger partial charge in [-0.05, 0) is 23.6 Å². The fourth-order valence-electron chi connectivity index (χ4n) is 3.36. The lowest BCUT2D eigenvalue weighted by molar-refractivity contribution is -0.126. The molecule has 1 saturated heterocycles. The number of aromatic nitrogens is 2. The van der Waals surface area contributed by atoms with Crippen molar-refractivity contribution in [3.8, 4) is 0 Å². The van der Waals surface area contributed by atoms with E-state index < -0.39 is 0 Å². The van der Waals surface area contributed by atoms with E-state index in [0.717, 1.165) is 16.3 Å². The minimum atomic E-state index is -0.328. The Kier molecular flexibility index (Phi) is 4.70. The van der Waals surface area contributed by atoms with Gasteiger partial charge in [-0.3, -0.25) is 14.0 Å². The quantitative estimate of drug-likeness (QED) is 0.737. The first kappa shape index (κ1) is 17.7. The Hall–Kier alpha value is -2.67. The normalized spacial score (nSPS) is 17.2. The number of anilines is 1. The third-order valence-electron chi connectivity index (χ3n) is 4.95. The summed E-state index contributed by atoms with van der Waals surface area (Å²) in [5.74, 6) is 0.0204. The van der Waals surface area contributed by atoms with Gasteiger partial charge in [-0.2, -0.15) is 0 Å². The molecular weight excluding hydrogens is 360 g/mol. The van der Waals surface area contributed by atoms with Gasteiger partial charge in [-0.15, -0.1) is 11.3 Å². The van der Waals surface area contributed by atoms with Gasteiger partial charge in [0.2, 0.25) is 11.8 Å². The van der Waals surface area contributed by atoms with Gasteiger partial charge in [0, 0.05) is 36.4 Å². The number of nitrogens with one attached hydrogen (secondary N) is 1. The summed E-state index contributed by atoms with van der Waals surface area (Å²) in [6.45, 7) is 5.07. The Balaban J connectivity index is 1.37. The fourth-order valence-corrected chi connectivity index (χ4v) is 4.07. The number of rotatable bonds is 5. The predicted octanol–water partition coefficient (Wildman–Crippen LogP) is 3.19. The smallest absolute Gasteiger partial charge is 0.227 e. The van der Waals surface area contributed by atoms with E-state index in [-0.39, 0.29) is 24.2 Å². The molecule has 1 fully saturated rings. The number of fused-ring (bicyclic) bond motifs is 1. The first-order valence-corrected chi connectivity index (χ1v) is 9.98. The molecule has 27 heavy (non-hydrogen) atoms. The van der Waals surface area contributed by atoms with Crippen molar-refractivity contribution in [2.24, 2.45) is 5.92 Å². The van der Waals surface area contributed by atoms with Crippen LogP contribution in [-0.4, -0.2) is 27.7 Å². The van der Waals surface area contributed by atoms with Crippen LogP contribution in [0.5, 0.6) is 0 Å². The third-order valence-corrected chi connectivity index (χ3v) is 5.72. The molecule has 1 atom stereocenters. The van der Waals surface area contributed by atoms with E-state index in [1.807, 2.05) is 46.4 Å². The molecule has 1 aromatic carbocycles. The summed E-state index contributed by atoms with van der Waals surface area (Å²) in [5, 5.41) is 4.89. The zero-order chi connectivity index (χ0) is 19.0. The van der Waals surface area contributed by atoms with Crippen molar-refractivity contribution in [1.29, 1.82) is 0 Å². The van der Waals surface area contributed by atoms with Crippen LogP contribution in [0.1, 0.15) is 37.4 Å². The second kappa shape index (κ2) is 7.15. The summed E-state index contributed by atoms with van der Waals surface area (Å²) in [6.07, 6.45) is 4.10. The Bertz CT molecular complexity index is 945. The van der Waals surface area contributed by atoms with Gasteiger partial charge in [-0.25, -0.2) is 4.98 Å². The van der Waals surface area contributed by atoms with Crippen molar-refractivity contribution >= 4 is 33.8 Å². The molecule has 2 amide bonds. The molecule has 7 heteroatoms. The second-order valence-electron chi connectivity index (χ2n) is 7.19. The van der Waals surface area contributed by atoms with E-state index in [0.29, 0.717) is 19.0 Å². The molecule has 0 saturated carbocycles. The topological polar surface area (TPSA) is 66.7 Å². The van der Waals surface area contributed by atoms with Crippen LogP contribution >= 0.6 is 11.3 Å². The number of hydrogen-bond donors (Lipinski definition) is 1. The average Bonchev–Trinajstić information content (AvgIpc) is 3.34. The molecule has 1 unspecified atom stereocenters. The summed E-state index contributed by atoms with van der Waals surface area (Å²) in [6, 6.07) is 8.02. The Morgan fingerprint density at radius 2 is 2.11 bits per heavy atom. The van der Waals surface area contributed by atoms with Crippen molar-refractivity contribution in [2.45, 2.75) is 32.7 Å². The fraction of sp³-hybridized carbons (Fsp3) is 0.350. The summed E-state index contributed by atoms with van der Waals surface area (Å²) in [7, 11) is 0. The van der Waals surface area contributed by atoms with E-state index in [1.165, 1.54) is 5.56 Å². The third kappa shape index (κ3) is 3.60. The minimum Gasteiger partial charge on any atom is -0.350 e. The second-order valence-corrected chi connectivity index (χ2v) is 8.07. The van der Waals surface area contributed by atoms with Crippen LogP contribution < -0.4 is 10.2 Å². The van der Waals surface area contributed by atoms with Crippen LogP contribution in [0.4, 0.5) is 5.69 Å². The Morgan fingerprint density at radius 3 is 2.81 bits per heavy atom. The zero-order valence-corrected chi connectivity index (χ0v) is 16.2. The molecule has 0 aliphatic carbocycles. The molecule has 0 spiro atoms. The van der Waals surface area contributed by atoms with Crippen molar-refractivity contribution in [3.63, 3.8) is 0 Å². The highest BCUT2D eigenvalue weighted by Gasteiger charge is 2.35. The van der Waals surface area contributed by atoms with Crippen LogP contribution in [0.25, 0.3) is 4.96 Å². The van der Waals surface area contributed by atoms with Gasteiger partial charge in [-0.1, -0.05) is 26.0 Å². The first-order valence-electron chi connectivity index (χ1n) is 9.10. The molecule has 2 aromatic heterocycles. The van der Waals surface area contributed by atoms with Crippen molar-refractivity contribution in [1.82, 2.24) is 14.7 Å². The molecule has 1 aliphatic rings. The van der Waals surface area contributed by atoms with Gasteiger partial charge in [0.05, 0.1) is 18.2 Å². The molecule has 6 nitrogen and oxygen atoms in total. The number of carbonyl (C=O) groups is 2.